The lowest BCUT2D eigenvalue weighted by molar-refractivity contribution is 0.0728. The van der Waals surface area contributed by atoms with Crippen molar-refractivity contribution in [1.29, 1.82) is 0 Å². The van der Waals surface area contributed by atoms with Crippen LogP contribution in [0.4, 0.5) is 0 Å². The number of rotatable bonds is 4. The molecule has 3 aliphatic rings. The van der Waals surface area contributed by atoms with Crippen LogP contribution in [0.2, 0.25) is 0 Å². The Balaban J connectivity index is 1.69. The van der Waals surface area contributed by atoms with Gasteiger partial charge in [0.2, 0.25) is 0 Å². The molecule has 3 heteroatoms. The topological polar surface area (TPSA) is 33.1 Å². The van der Waals surface area contributed by atoms with Gasteiger partial charge in [0.1, 0.15) is 0 Å². The monoisotopic (exact) mass is 291 g/mol. The number of aromatic nitrogens is 1. The fraction of sp³-hybridized carbons (Fsp3) is 0.706. The second-order valence-electron chi connectivity index (χ2n) is 6.95. The van der Waals surface area contributed by atoms with Crippen molar-refractivity contribution in [3.8, 4) is 0 Å². The summed E-state index contributed by atoms with van der Waals surface area (Å²) in [6.07, 6.45) is 9.24. The highest BCUT2D eigenvalue weighted by atomic mass is 35.5. The molecule has 4 atom stereocenters. The van der Waals surface area contributed by atoms with Gasteiger partial charge >= 0.3 is 0 Å². The largest absolute Gasteiger partial charge is 0.388 e. The molecule has 3 fully saturated rings. The molecule has 1 aromatic heterocycles. The molecule has 4 rings (SSSR count). The van der Waals surface area contributed by atoms with Crippen molar-refractivity contribution >= 4 is 11.6 Å². The number of nitrogens with zero attached hydrogens (tertiary/aromatic N) is 1. The lowest BCUT2D eigenvalue weighted by Crippen LogP contribution is -2.21. The van der Waals surface area contributed by atoms with E-state index in [1.54, 1.807) is 0 Å². The normalized spacial score (nSPS) is 33.6. The van der Waals surface area contributed by atoms with Gasteiger partial charge in [0.05, 0.1) is 17.7 Å². The molecule has 2 nitrogen and oxygen atoms in total. The lowest BCUT2D eigenvalue weighted by atomic mass is 9.80. The molecular formula is C17H22ClNO. The summed E-state index contributed by atoms with van der Waals surface area (Å²) in [6, 6.07) is 2.11. The quantitative estimate of drug-likeness (QED) is 0.845. The Labute approximate surface area is 125 Å². The molecule has 20 heavy (non-hydrogen) atoms. The molecule has 1 aromatic rings. The number of aliphatic hydroxyl groups excluding tert-OH is 1. The SMILES string of the molecule is OC(c1c(C2CC2)ccnc1CCl)C1CC2CCC1C2. The Morgan fingerprint density at radius 2 is 2.10 bits per heavy atom. The first-order chi connectivity index (χ1) is 9.78. The van der Waals surface area contributed by atoms with Gasteiger partial charge in [-0.15, -0.1) is 11.6 Å². The maximum atomic E-state index is 11.0. The Morgan fingerprint density at radius 1 is 1.25 bits per heavy atom. The van der Waals surface area contributed by atoms with Gasteiger partial charge in [-0.25, -0.2) is 0 Å². The molecule has 2 bridgehead atoms. The molecule has 1 N–H and O–H groups in total. The smallest absolute Gasteiger partial charge is 0.0841 e. The van der Waals surface area contributed by atoms with Crippen LogP contribution in [0.5, 0.6) is 0 Å². The molecule has 0 amide bonds. The lowest BCUT2D eigenvalue weighted by Gasteiger charge is -2.29. The summed E-state index contributed by atoms with van der Waals surface area (Å²) < 4.78 is 0. The number of aliphatic hydroxyl groups is 1. The van der Waals surface area contributed by atoms with Crippen molar-refractivity contribution in [2.24, 2.45) is 17.8 Å². The average molecular weight is 292 g/mol. The van der Waals surface area contributed by atoms with Gasteiger partial charge in [-0.05, 0) is 67.4 Å². The minimum atomic E-state index is -0.344. The van der Waals surface area contributed by atoms with E-state index in [9.17, 15) is 5.11 Å². The molecule has 4 unspecified atom stereocenters. The Morgan fingerprint density at radius 3 is 2.70 bits per heavy atom. The number of halogens is 1. The molecule has 108 valence electrons. The predicted octanol–water partition coefficient (Wildman–Crippen LogP) is 4.17. The Kier molecular flexibility index (Phi) is 3.27. The highest BCUT2D eigenvalue weighted by Gasteiger charge is 2.44. The van der Waals surface area contributed by atoms with Crippen molar-refractivity contribution in [3.63, 3.8) is 0 Å². The number of fused-ring (bicyclic) bond motifs is 2. The maximum absolute atomic E-state index is 11.0. The van der Waals surface area contributed by atoms with Crippen LogP contribution in [0.25, 0.3) is 0 Å². The van der Waals surface area contributed by atoms with Gasteiger partial charge in [0.15, 0.2) is 0 Å². The van der Waals surface area contributed by atoms with Gasteiger partial charge in [-0.3, -0.25) is 4.98 Å². The summed E-state index contributed by atoms with van der Waals surface area (Å²) in [7, 11) is 0. The van der Waals surface area contributed by atoms with Gasteiger partial charge in [-0.1, -0.05) is 6.42 Å². The first-order valence-corrected chi connectivity index (χ1v) is 8.53. The minimum Gasteiger partial charge on any atom is -0.388 e. The second-order valence-corrected chi connectivity index (χ2v) is 7.22. The maximum Gasteiger partial charge on any atom is 0.0841 e. The fourth-order valence-corrected chi connectivity index (χ4v) is 4.84. The third-order valence-corrected chi connectivity index (χ3v) is 6.00. The van der Waals surface area contributed by atoms with Crippen LogP contribution >= 0.6 is 11.6 Å². The summed E-state index contributed by atoms with van der Waals surface area (Å²) in [6.45, 7) is 0. The molecule has 0 radical (unpaired) electrons. The highest BCUT2D eigenvalue weighted by molar-refractivity contribution is 6.17. The summed E-state index contributed by atoms with van der Waals surface area (Å²) in [5, 5.41) is 11.0. The zero-order valence-corrected chi connectivity index (χ0v) is 12.5. The van der Waals surface area contributed by atoms with Gasteiger partial charge in [-0.2, -0.15) is 0 Å². The van der Waals surface area contributed by atoms with Gasteiger partial charge < -0.3 is 5.11 Å². The summed E-state index contributed by atoms with van der Waals surface area (Å²) in [5.74, 6) is 3.08. The highest BCUT2D eigenvalue weighted by Crippen LogP contribution is 2.54. The van der Waals surface area contributed by atoms with Crippen LogP contribution in [0.15, 0.2) is 12.3 Å². The van der Waals surface area contributed by atoms with E-state index in [-0.39, 0.29) is 6.10 Å². The van der Waals surface area contributed by atoms with Crippen LogP contribution in [0.3, 0.4) is 0 Å². The fourth-order valence-electron chi connectivity index (χ4n) is 4.63. The van der Waals surface area contributed by atoms with Crippen molar-refractivity contribution in [2.75, 3.05) is 0 Å². The van der Waals surface area contributed by atoms with E-state index in [1.165, 1.54) is 44.1 Å². The van der Waals surface area contributed by atoms with E-state index in [0.29, 0.717) is 17.7 Å². The molecular weight excluding hydrogens is 270 g/mol. The molecule has 3 aliphatic carbocycles. The zero-order chi connectivity index (χ0) is 13.7. The molecule has 0 saturated heterocycles. The molecule has 0 spiro atoms. The third kappa shape index (κ3) is 2.08. The van der Waals surface area contributed by atoms with Crippen molar-refractivity contribution < 1.29 is 5.11 Å². The summed E-state index contributed by atoms with van der Waals surface area (Å²) >= 11 is 6.09. The standard InChI is InChI=1S/C17H22ClNO/c18-9-15-16(13(5-6-19-15)11-3-4-11)17(20)14-8-10-1-2-12(14)7-10/h5-6,10-12,14,17,20H,1-4,7-9H2. The van der Waals surface area contributed by atoms with Crippen LogP contribution in [0, 0.1) is 17.8 Å². The van der Waals surface area contributed by atoms with E-state index >= 15 is 0 Å². The van der Waals surface area contributed by atoms with Gasteiger partial charge in [0.25, 0.3) is 0 Å². The second kappa shape index (κ2) is 4.99. The summed E-state index contributed by atoms with van der Waals surface area (Å²) in [5.41, 5.74) is 3.32. The first-order valence-electron chi connectivity index (χ1n) is 7.99. The number of pyridine rings is 1. The zero-order valence-electron chi connectivity index (χ0n) is 11.8. The average Bonchev–Trinajstić information content (AvgIpc) is 3.12. The van der Waals surface area contributed by atoms with Crippen molar-refractivity contribution in [3.05, 3.63) is 29.1 Å². The van der Waals surface area contributed by atoms with Crippen molar-refractivity contribution in [2.45, 2.75) is 56.4 Å². The van der Waals surface area contributed by atoms with Crippen LogP contribution in [-0.4, -0.2) is 10.1 Å². The third-order valence-electron chi connectivity index (χ3n) is 5.74. The Bertz CT molecular complexity index is 514. The molecule has 0 aromatic carbocycles. The molecule has 1 heterocycles. The number of hydrogen-bond donors (Lipinski definition) is 1. The van der Waals surface area contributed by atoms with E-state index in [4.69, 9.17) is 11.6 Å². The van der Waals surface area contributed by atoms with Gasteiger partial charge in [0, 0.05) is 11.8 Å². The van der Waals surface area contributed by atoms with Crippen molar-refractivity contribution in [1.82, 2.24) is 4.98 Å². The Hall–Kier alpha value is -0.600. The minimum absolute atomic E-state index is 0.344. The van der Waals surface area contributed by atoms with E-state index < -0.39 is 0 Å². The number of hydrogen-bond acceptors (Lipinski definition) is 2. The molecule has 0 aliphatic heterocycles. The van der Waals surface area contributed by atoms with Crippen LogP contribution in [0.1, 0.15) is 67.4 Å². The van der Waals surface area contributed by atoms with E-state index in [0.717, 1.165) is 23.1 Å². The predicted molar refractivity (Wildman–Crippen MR) is 79.7 cm³/mol. The number of alkyl halides is 1. The van der Waals surface area contributed by atoms with E-state index in [2.05, 4.69) is 11.1 Å². The van der Waals surface area contributed by atoms with Crippen LogP contribution in [-0.2, 0) is 5.88 Å². The van der Waals surface area contributed by atoms with Crippen LogP contribution < -0.4 is 0 Å². The molecule has 3 saturated carbocycles. The van der Waals surface area contributed by atoms with E-state index in [1.807, 2.05) is 6.20 Å². The first kappa shape index (κ1) is 13.1. The summed E-state index contributed by atoms with van der Waals surface area (Å²) in [4.78, 5) is 4.43.